The van der Waals surface area contributed by atoms with Gasteiger partial charge < -0.3 is 5.32 Å². The Balaban J connectivity index is 1.81. The van der Waals surface area contributed by atoms with Gasteiger partial charge in [0.1, 0.15) is 5.82 Å². The van der Waals surface area contributed by atoms with Crippen LogP contribution in [0.25, 0.3) is 0 Å². The van der Waals surface area contributed by atoms with Gasteiger partial charge in [-0.25, -0.2) is 4.39 Å². The van der Waals surface area contributed by atoms with Gasteiger partial charge in [-0.1, -0.05) is 6.07 Å². The molecule has 0 radical (unpaired) electrons. The van der Waals surface area contributed by atoms with Crippen LogP contribution in [0.4, 0.5) is 10.1 Å². The van der Waals surface area contributed by atoms with Crippen LogP contribution in [0.5, 0.6) is 0 Å². The highest BCUT2D eigenvalue weighted by Gasteiger charge is 2.41. The summed E-state index contributed by atoms with van der Waals surface area (Å²) in [5.74, 6) is 1.40. The predicted molar refractivity (Wildman–Crippen MR) is 67.0 cm³/mol. The number of halogens is 2. The molecule has 1 aromatic rings. The van der Waals surface area contributed by atoms with Crippen LogP contribution < -0.4 is 5.32 Å². The maximum Gasteiger partial charge on any atom is 0.147 e. The van der Waals surface area contributed by atoms with E-state index in [1.165, 1.54) is 31.7 Å². The standard InChI is InChI=1S/C13H15BrFN/c14-10-2-1-3-11(15)13(10)16-12(8-4-5-8)9-6-7-9/h1-3,8-9,12,16H,4-7H2. The number of hydrogen-bond donors (Lipinski definition) is 1. The highest BCUT2D eigenvalue weighted by molar-refractivity contribution is 9.10. The second-order valence-electron chi connectivity index (χ2n) is 4.94. The molecule has 0 bridgehead atoms. The maximum absolute atomic E-state index is 13.7. The zero-order valence-corrected chi connectivity index (χ0v) is 10.6. The first-order valence-electron chi connectivity index (χ1n) is 5.96. The molecule has 16 heavy (non-hydrogen) atoms. The van der Waals surface area contributed by atoms with E-state index >= 15 is 0 Å². The summed E-state index contributed by atoms with van der Waals surface area (Å²) in [6.07, 6.45) is 5.22. The lowest BCUT2D eigenvalue weighted by Gasteiger charge is -2.20. The number of nitrogens with one attached hydrogen (secondary N) is 1. The minimum Gasteiger partial charge on any atom is -0.378 e. The molecule has 2 fully saturated rings. The van der Waals surface area contributed by atoms with E-state index in [1.807, 2.05) is 6.07 Å². The molecular weight excluding hydrogens is 269 g/mol. The fourth-order valence-corrected chi connectivity index (χ4v) is 2.79. The molecule has 0 unspecified atom stereocenters. The smallest absolute Gasteiger partial charge is 0.147 e. The van der Waals surface area contributed by atoms with Crippen molar-refractivity contribution >= 4 is 21.6 Å². The van der Waals surface area contributed by atoms with E-state index in [9.17, 15) is 4.39 Å². The van der Waals surface area contributed by atoms with Crippen molar-refractivity contribution in [2.24, 2.45) is 11.8 Å². The molecule has 2 aliphatic carbocycles. The van der Waals surface area contributed by atoms with E-state index < -0.39 is 0 Å². The first-order valence-corrected chi connectivity index (χ1v) is 6.75. The summed E-state index contributed by atoms with van der Waals surface area (Å²) in [4.78, 5) is 0. The minimum atomic E-state index is -0.152. The molecule has 0 aliphatic heterocycles. The van der Waals surface area contributed by atoms with Crippen LogP contribution >= 0.6 is 15.9 Å². The number of anilines is 1. The Labute approximate surface area is 104 Å². The Morgan fingerprint density at radius 3 is 2.31 bits per heavy atom. The number of hydrogen-bond acceptors (Lipinski definition) is 1. The zero-order chi connectivity index (χ0) is 11.1. The molecule has 0 heterocycles. The molecule has 0 amide bonds. The van der Waals surface area contributed by atoms with Gasteiger partial charge >= 0.3 is 0 Å². The van der Waals surface area contributed by atoms with E-state index in [2.05, 4.69) is 21.2 Å². The summed E-state index contributed by atoms with van der Waals surface area (Å²) in [6, 6.07) is 5.63. The monoisotopic (exact) mass is 283 g/mol. The summed E-state index contributed by atoms with van der Waals surface area (Å²) in [5, 5.41) is 3.42. The van der Waals surface area contributed by atoms with Gasteiger partial charge in [-0.2, -0.15) is 0 Å². The molecule has 2 saturated carbocycles. The lowest BCUT2D eigenvalue weighted by atomic mass is 10.1. The molecule has 1 N–H and O–H groups in total. The molecule has 1 aromatic carbocycles. The highest BCUT2D eigenvalue weighted by Crippen LogP contribution is 2.46. The molecule has 1 nitrogen and oxygen atoms in total. The molecule has 0 atom stereocenters. The lowest BCUT2D eigenvalue weighted by molar-refractivity contribution is 0.557. The topological polar surface area (TPSA) is 12.0 Å². The predicted octanol–water partition coefficient (Wildman–Crippen LogP) is 4.19. The Hall–Kier alpha value is -0.570. The van der Waals surface area contributed by atoms with Crippen molar-refractivity contribution in [3.63, 3.8) is 0 Å². The molecule has 86 valence electrons. The highest BCUT2D eigenvalue weighted by atomic mass is 79.9. The van der Waals surface area contributed by atoms with Gasteiger partial charge in [0.15, 0.2) is 0 Å². The van der Waals surface area contributed by atoms with Gasteiger partial charge in [0.25, 0.3) is 0 Å². The summed E-state index contributed by atoms with van der Waals surface area (Å²) in [5.41, 5.74) is 0.645. The van der Waals surface area contributed by atoms with Crippen LogP contribution in [0.15, 0.2) is 22.7 Å². The van der Waals surface area contributed by atoms with Gasteiger partial charge in [-0.05, 0) is 65.6 Å². The normalized spacial score (nSPS) is 20.2. The molecule has 0 aromatic heterocycles. The van der Waals surface area contributed by atoms with E-state index in [1.54, 1.807) is 6.07 Å². The average Bonchev–Trinajstić information content (AvgIpc) is 3.12. The fraction of sp³-hybridized carbons (Fsp3) is 0.538. The largest absolute Gasteiger partial charge is 0.378 e. The third-order valence-electron chi connectivity index (χ3n) is 3.53. The minimum absolute atomic E-state index is 0.152. The van der Waals surface area contributed by atoms with Gasteiger partial charge in [0, 0.05) is 10.5 Å². The van der Waals surface area contributed by atoms with E-state index in [-0.39, 0.29) is 5.82 Å². The van der Waals surface area contributed by atoms with Crippen molar-refractivity contribution in [2.45, 2.75) is 31.7 Å². The molecule has 3 rings (SSSR count). The maximum atomic E-state index is 13.7. The Kier molecular flexibility index (Phi) is 2.66. The number of benzene rings is 1. The summed E-state index contributed by atoms with van der Waals surface area (Å²) in [7, 11) is 0. The van der Waals surface area contributed by atoms with Crippen molar-refractivity contribution in [1.82, 2.24) is 0 Å². The molecule has 2 aliphatic rings. The Morgan fingerprint density at radius 2 is 1.81 bits per heavy atom. The van der Waals surface area contributed by atoms with Gasteiger partial charge in [0.05, 0.1) is 5.69 Å². The molecule has 0 saturated heterocycles. The number of rotatable bonds is 4. The van der Waals surface area contributed by atoms with E-state index in [0.29, 0.717) is 11.7 Å². The first-order chi connectivity index (χ1) is 7.75. The summed E-state index contributed by atoms with van der Waals surface area (Å²) in [6.45, 7) is 0. The van der Waals surface area contributed by atoms with Crippen molar-refractivity contribution in [3.8, 4) is 0 Å². The quantitative estimate of drug-likeness (QED) is 0.874. The van der Waals surface area contributed by atoms with Crippen molar-refractivity contribution in [2.75, 3.05) is 5.32 Å². The third kappa shape index (κ3) is 2.10. The summed E-state index contributed by atoms with van der Waals surface area (Å²) >= 11 is 3.41. The van der Waals surface area contributed by atoms with Crippen molar-refractivity contribution in [3.05, 3.63) is 28.5 Å². The Morgan fingerprint density at radius 1 is 1.19 bits per heavy atom. The first kappa shape index (κ1) is 10.6. The molecular formula is C13H15BrFN. The van der Waals surface area contributed by atoms with Gasteiger partial charge in [-0.3, -0.25) is 0 Å². The van der Waals surface area contributed by atoms with E-state index in [4.69, 9.17) is 0 Å². The van der Waals surface area contributed by atoms with Gasteiger partial charge in [-0.15, -0.1) is 0 Å². The Bertz CT molecular complexity index is 367. The zero-order valence-electron chi connectivity index (χ0n) is 9.05. The fourth-order valence-electron chi connectivity index (χ4n) is 2.33. The van der Waals surface area contributed by atoms with Crippen LogP contribution in [0.1, 0.15) is 25.7 Å². The van der Waals surface area contributed by atoms with Crippen LogP contribution in [0.3, 0.4) is 0 Å². The summed E-state index contributed by atoms with van der Waals surface area (Å²) < 4.78 is 14.5. The van der Waals surface area contributed by atoms with Crippen molar-refractivity contribution < 1.29 is 4.39 Å². The number of para-hydroxylation sites is 1. The van der Waals surface area contributed by atoms with Crippen LogP contribution in [-0.2, 0) is 0 Å². The van der Waals surface area contributed by atoms with Gasteiger partial charge in [0.2, 0.25) is 0 Å². The van der Waals surface area contributed by atoms with Crippen LogP contribution in [-0.4, -0.2) is 6.04 Å². The average molecular weight is 284 g/mol. The van der Waals surface area contributed by atoms with Crippen molar-refractivity contribution in [1.29, 1.82) is 0 Å². The molecule has 0 spiro atoms. The SMILES string of the molecule is Fc1cccc(Br)c1NC(C1CC1)C1CC1. The second kappa shape index (κ2) is 4.02. The van der Waals surface area contributed by atoms with Crippen LogP contribution in [0, 0.1) is 17.7 Å². The second-order valence-corrected chi connectivity index (χ2v) is 5.80. The molecule has 3 heteroatoms. The van der Waals surface area contributed by atoms with Crippen LogP contribution in [0.2, 0.25) is 0 Å². The van der Waals surface area contributed by atoms with E-state index in [0.717, 1.165) is 16.3 Å². The lowest BCUT2D eigenvalue weighted by Crippen LogP contribution is -2.25. The third-order valence-corrected chi connectivity index (χ3v) is 4.19.